The van der Waals surface area contributed by atoms with Gasteiger partial charge in [0.2, 0.25) is 11.8 Å². The van der Waals surface area contributed by atoms with Crippen molar-refractivity contribution in [1.29, 1.82) is 0 Å². The van der Waals surface area contributed by atoms with Crippen LogP contribution in [0.25, 0.3) is 11.4 Å². The number of rotatable bonds is 6. The second kappa shape index (κ2) is 8.48. The molecule has 1 saturated heterocycles. The molecule has 2 aromatic carbocycles. The summed E-state index contributed by atoms with van der Waals surface area (Å²) in [6.45, 7) is 0.754. The van der Waals surface area contributed by atoms with Crippen molar-refractivity contribution >= 4 is 35.0 Å². The number of anilines is 2. The minimum absolute atomic E-state index is 0.121. The fraction of sp³-hybridized carbons (Fsp3) is 0.238. The van der Waals surface area contributed by atoms with Gasteiger partial charge in [-0.05, 0) is 30.7 Å². The molecule has 29 heavy (non-hydrogen) atoms. The van der Waals surface area contributed by atoms with Gasteiger partial charge in [0.05, 0.1) is 5.75 Å². The van der Waals surface area contributed by atoms with E-state index < -0.39 is 0 Å². The largest absolute Gasteiger partial charge is 0.325 e. The number of nitrogens with one attached hydrogen (secondary N) is 1. The van der Waals surface area contributed by atoms with Crippen molar-refractivity contribution in [3.63, 3.8) is 0 Å². The van der Waals surface area contributed by atoms with Crippen LogP contribution in [-0.2, 0) is 16.6 Å². The van der Waals surface area contributed by atoms with E-state index >= 15 is 0 Å². The zero-order valence-electron chi connectivity index (χ0n) is 16.0. The van der Waals surface area contributed by atoms with Crippen LogP contribution in [0.2, 0.25) is 0 Å². The Morgan fingerprint density at radius 3 is 2.55 bits per heavy atom. The first-order valence-electron chi connectivity index (χ1n) is 9.40. The van der Waals surface area contributed by atoms with Crippen molar-refractivity contribution in [3.8, 4) is 11.4 Å². The van der Waals surface area contributed by atoms with Gasteiger partial charge in [-0.25, -0.2) is 0 Å². The summed E-state index contributed by atoms with van der Waals surface area (Å²) in [5.41, 5.74) is 2.55. The van der Waals surface area contributed by atoms with Crippen molar-refractivity contribution in [2.45, 2.75) is 18.0 Å². The zero-order valence-corrected chi connectivity index (χ0v) is 16.9. The molecule has 0 spiro atoms. The van der Waals surface area contributed by atoms with Crippen LogP contribution in [0.1, 0.15) is 12.8 Å². The Kier molecular flexibility index (Phi) is 5.62. The Morgan fingerprint density at radius 2 is 1.86 bits per heavy atom. The lowest BCUT2D eigenvalue weighted by atomic mass is 10.2. The molecular formula is C21H21N5O2S. The average Bonchev–Trinajstić information content (AvgIpc) is 3.33. The molecule has 4 rings (SSSR count). The van der Waals surface area contributed by atoms with Crippen molar-refractivity contribution in [3.05, 3.63) is 54.6 Å². The van der Waals surface area contributed by atoms with E-state index in [-0.39, 0.29) is 17.6 Å². The third kappa shape index (κ3) is 4.32. The van der Waals surface area contributed by atoms with E-state index in [9.17, 15) is 9.59 Å². The molecule has 3 aromatic rings. The summed E-state index contributed by atoms with van der Waals surface area (Å²) in [4.78, 5) is 25.9. The van der Waals surface area contributed by atoms with Crippen LogP contribution in [0.4, 0.5) is 11.4 Å². The van der Waals surface area contributed by atoms with E-state index in [0.29, 0.717) is 17.3 Å². The Balaban J connectivity index is 1.34. The third-order valence-electron chi connectivity index (χ3n) is 4.74. The first kappa shape index (κ1) is 19.2. The van der Waals surface area contributed by atoms with Crippen LogP contribution in [-0.4, -0.2) is 38.9 Å². The normalized spacial score (nSPS) is 13.7. The topological polar surface area (TPSA) is 80.1 Å². The number of nitrogens with zero attached hydrogens (tertiary/aromatic N) is 4. The summed E-state index contributed by atoms with van der Waals surface area (Å²) in [7, 11) is 1.89. The van der Waals surface area contributed by atoms with Gasteiger partial charge in [0.1, 0.15) is 0 Å². The number of hydrogen-bond donors (Lipinski definition) is 1. The molecule has 0 aliphatic carbocycles. The first-order valence-corrected chi connectivity index (χ1v) is 10.4. The van der Waals surface area contributed by atoms with Gasteiger partial charge < -0.3 is 14.8 Å². The predicted octanol–water partition coefficient (Wildman–Crippen LogP) is 3.34. The average molecular weight is 407 g/mol. The summed E-state index contributed by atoms with van der Waals surface area (Å²) in [5.74, 6) is 1.02. The smallest absolute Gasteiger partial charge is 0.234 e. The van der Waals surface area contributed by atoms with Gasteiger partial charge in [-0.1, -0.05) is 42.1 Å². The molecule has 148 valence electrons. The number of carbonyl (C=O) groups is 2. The highest BCUT2D eigenvalue weighted by Gasteiger charge is 2.21. The lowest BCUT2D eigenvalue weighted by molar-refractivity contribution is -0.117. The van der Waals surface area contributed by atoms with E-state index in [1.807, 2.05) is 66.2 Å². The molecule has 0 saturated carbocycles. The lowest BCUT2D eigenvalue weighted by Gasteiger charge is -2.16. The number of amides is 2. The fourth-order valence-electron chi connectivity index (χ4n) is 3.25. The van der Waals surface area contributed by atoms with Crippen LogP contribution < -0.4 is 10.2 Å². The molecule has 1 aromatic heterocycles. The van der Waals surface area contributed by atoms with Crippen LogP contribution in [0.5, 0.6) is 0 Å². The second-order valence-electron chi connectivity index (χ2n) is 6.76. The molecular weight excluding hydrogens is 386 g/mol. The quantitative estimate of drug-likeness (QED) is 0.634. The van der Waals surface area contributed by atoms with Crippen LogP contribution >= 0.6 is 11.8 Å². The van der Waals surface area contributed by atoms with Crippen LogP contribution in [0, 0.1) is 0 Å². The Morgan fingerprint density at radius 1 is 1.10 bits per heavy atom. The number of aromatic nitrogens is 3. The van der Waals surface area contributed by atoms with Gasteiger partial charge in [-0.2, -0.15) is 0 Å². The molecule has 1 aliphatic heterocycles. The molecule has 0 unspecified atom stereocenters. The van der Waals surface area contributed by atoms with Crippen molar-refractivity contribution in [1.82, 2.24) is 14.8 Å². The molecule has 2 heterocycles. The van der Waals surface area contributed by atoms with E-state index in [0.717, 1.165) is 30.0 Å². The highest BCUT2D eigenvalue weighted by atomic mass is 32.2. The van der Waals surface area contributed by atoms with E-state index in [1.165, 1.54) is 11.8 Å². The van der Waals surface area contributed by atoms with Gasteiger partial charge in [-0.15, -0.1) is 10.2 Å². The summed E-state index contributed by atoms with van der Waals surface area (Å²) in [6, 6.07) is 17.2. The number of hydrogen-bond acceptors (Lipinski definition) is 5. The van der Waals surface area contributed by atoms with E-state index in [1.54, 1.807) is 4.90 Å². The molecule has 1 N–H and O–H groups in total. The van der Waals surface area contributed by atoms with Gasteiger partial charge in [0.25, 0.3) is 0 Å². The van der Waals surface area contributed by atoms with Crippen molar-refractivity contribution < 1.29 is 9.59 Å². The Hall–Kier alpha value is -3.13. The maximum absolute atomic E-state index is 12.3. The maximum Gasteiger partial charge on any atom is 0.234 e. The molecule has 0 atom stereocenters. The van der Waals surface area contributed by atoms with Gasteiger partial charge in [0, 0.05) is 37.0 Å². The van der Waals surface area contributed by atoms with Gasteiger partial charge >= 0.3 is 0 Å². The fourth-order valence-corrected chi connectivity index (χ4v) is 3.96. The number of carbonyl (C=O) groups excluding carboxylic acids is 2. The molecule has 1 fully saturated rings. The summed E-state index contributed by atoms with van der Waals surface area (Å²) in [6.07, 6.45) is 1.49. The highest BCUT2D eigenvalue weighted by molar-refractivity contribution is 7.99. The maximum atomic E-state index is 12.3. The summed E-state index contributed by atoms with van der Waals surface area (Å²) < 4.78 is 1.88. The molecule has 1 aliphatic rings. The van der Waals surface area contributed by atoms with Crippen LogP contribution in [0.3, 0.4) is 0 Å². The van der Waals surface area contributed by atoms with Crippen LogP contribution in [0.15, 0.2) is 59.8 Å². The first-order chi connectivity index (χ1) is 14.1. The minimum Gasteiger partial charge on any atom is -0.325 e. The predicted molar refractivity (Wildman–Crippen MR) is 114 cm³/mol. The number of benzene rings is 2. The molecule has 0 radical (unpaired) electrons. The van der Waals surface area contributed by atoms with Gasteiger partial charge in [-0.3, -0.25) is 9.59 Å². The molecule has 0 bridgehead atoms. The monoisotopic (exact) mass is 407 g/mol. The Bertz CT molecular complexity index is 1020. The molecule has 8 heteroatoms. The zero-order chi connectivity index (χ0) is 20.2. The number of thioether (sulfide) groups is 1. The van der Waals surface area contributed by atoms with Crippen molar-refractivity contribution in [2.75, 3.05) is 22.5 Å². The summed E-state index contributed by atoms with van der Waals surface area (Å²) >= 11 is 1.34. The standard InChI is InChI=1S/C21H21N5O2S/c1-25-20(15-6-3-2-4-7-15)23-24-21(25)29-14-18(27)22-16-9-11-17(12-10-16)26-13-5-8-19(26)28/h2-4,6-7,9-12H,5,8,13-14H2,1H3,(H,22,27). The van der Waals surface area contributed by atoms with E-state index in [4.69, 9.17) is 0 Å². The molecule has 7 nitrogen and oxygen atoms in total. The molecule has 2 amide bonds. The van der Waals surface area contributed by atoms with E-state index in [2.05, 4.69) is 15.5 Å². The van der Waals surface area contributed by atoms with Gasteiger partial charge in [0.15, 0.2) is 11.0 Å². The highest BCUT2D eigenvalue weighted by Crippen LogP contribution is 2.24. The lowest BCUT2D eigenvalue weighted by Crippen LogP contribution is -2.23. The SMILES string of the molecule is Cn1c(SCC(=O)Nc2ccc(N3CCCC3=O)cc2)nnc1-c1ccccc1. The second-order valence-corrected chi connectivity index (χ2v) is 7.71. The van der Waals surface area contributed by atoms with Crippen molar-refractivity contribution in [2.24, 2.45) is 7.05 Å². The minimum atomic E-state index is -0.121. The third-order valence-corrected chi connectivity index (χ3v) is 5.76. The Labute approximate surface area is 173 Å². The summed E-state index contributed by atoms with van der Waals surface area (Å²) in [5, 5.41) is 12.0.